The van der Waals surface area contributed by atoms with Crippen molar-refractivity contribution < 1.29 is 18.0 Å². The zero-order valence-electron chi connectivity index (χ0n) is 4.90. The predicted molar refractivity (Wildman–Crippen MR) is 26.2 cm³/mol. The van der Waals surface area contributed by atoms with Gasteiger partial charge >= 0.3 is 0 Å². The van der Waals surface area contributed by atoms with Gasteiger partial charge < -0.3 is 0 Å². The number of Topliss-reactive ketones (excluding diaryl/α,β-unsaturated/α-hetero) is 1. The largest absolute Gasteiger partial charge is 0.300 e. The van der Waals surface area contributed by atoms with E-state index in [2.05, 4.69) is 0 Å². The molecule has 1 atom stereocenters. The van der Waals surface area contributed by atoms with Crippen molar-refractivity contribution in [3.63, 3.8) is 0 Å². The average molecular weight is 140 g/mol. The Morgan fingerprint density at radius 3 is 2.00 bits per heavy atom. The molecule has 0 rings (SSSR count). The Kier molecular flexibility index (Phi) is 3.27. The Labute approximate surface area is 50.9 Å². The van der Waals surface area contributed by atoms with Crippen LogP contribution in [-0.2, 0) is 4.79 Å². The molecule has 0 aromatic carbocycles. The fourth-order valence-electron chi connectivity index (χ4n) is 0.364. The zero-order chi connectivity index (χ0) is 7.44. The quantitative estimate of drug-likeness (QED) is 0.581. The summed E-state index contributed by atoms with van der Waals surface area (Å²) in [5.74, 6) is -0.553. The number of rotatable bonds is 3. The molecule has 0 saturated carbocycles. The molecular weight excluding hydrogens is 133 g/mol. The maximum absolute atomic E-state index is 11.8. The molecule has 0 aromatic rings. The van der Waals surface area contributed by atoms with E-state index in [4.69, 9.17) is 0 Å². The van der Waals surface area contributed by atoms with Gasteiger partial charge in [-0.15, -0.1) is 0 Å². The number of halogens is 3. The van der Waals surface area contributed by atoms with E-state index in [0.717, 1.165) is 6.92 Å². The van der Waals surface area contributed by atoms with Crippen molar-refractivity contribution in [2.24, 2.45) is 0 Å². The maximum atomic E-state index is 11.8. The molecule has 0 aliphatic carbocycles. The van der Waals surface area contributed by atoms with Crippen LogP contribution < -0.4 is 0 Å². The maximum Gasteiger partial charge on any atom is 0.269 e. The first-order valence-electron chi connectivity index (χ1n) is 2.45. The molecule has 0 N–H and O–H groups in total. The second kappa shape index (κ2) is 3.48. The van der Waals surface area contributed by atoms with Gasteiger partial charge in [-0.3, -0.25) is 4.79 Å². The molecule has 0 spiro atoms. The van der Waals surface area contributed by atoms with E-state index < -0.39 is 24.8 Å². The van der Waals surface area contributed by atoms with Crippen LogP contribution in [0.15, 0.2) is 0 Å². The Hall–Kier alpha value is -0.540. The van der Waals surface area contributed by atoms with Crippen molar-refractivity contribution in [1.29, 1.82) is 0 Å². The monoisotopic (exact) mass is 140 g/mol. The third-order valence-electron chi connectivity index (χ3n) is 0.756. The summed E-state index contributed by atoms with van der Waals surface area (Å²) in [6.45, 7) is 1.08. The first-order chi connectivity index (χ1) is 4.04. The van der Waals surface area contributed by atoms with Crippen LogP contribution in [0.25, 0.3) is 0 Å². The van der Waals surface area contributed by atoms with Gasteiger partial charge in [-0.2, -0.15) is 0 Å². The Morgan fingerprint density at radius 2 is 1.89 bits per heavy atom. The molecule has 1 unspecified atom stereocenters. The molecule has 0 aromatic heterocycles. The number of carbonyl (C=O) groups is 1. The molecule has 0 aliphatic heterocycles. The van der Waals surface area contributed by atoms with Crippen molar-refractivity contribution >= 4 is 5.78 Å². The highest BCUT2D eigenvalue weighted by molar-refractivity contribution is 5.75. The number of ketones is 1. The van der Waals surface area contributed by atoms with Gasteiger partial charge in [-0.05, 0) is 6.92 Å². The summed E-state index contributed by atoms with van der Waals surface area (Å²) in [4.78, 5) is 9.99. The highest BCUT2D eigenvalue weighted by Crippen LogP contribution is 2.08. The summed E-state index contributed by atoms with van der Waals surface area (Å²) in [6, 6.07) is 0. The predicted octanol–water partition coefficient (Wildman–Crippen LogP) is 1.57. The third kappa shape index (κ3) is 4.00. The summed E-state index contributed by atoms with van der Waals surface area (Å²) in [6.07, 6.45) is -6.01. The van der Waals surface area contributed by atoms with E-state index in [1.807, 2.05) is 0 Å². The van der Waals surface area contributed by atoms with Crippen molar-refractivity contribution in [3.8, 4) is 0 Å². The highest BCUT2D eigenvalue weighted by atomic mass is 19.3. The van der Waals surface area contributed by atoms with Gasteiger partial charge in [0, 0.05) is 6.42 Å². The molecule has 54 valence electrons. The van der Waals surface area contributed by atoms with E-state index in [-0.39, 0.29) is 0 Å². The van der Waals surface area contributed by atoms with Crippen molar-refractivity contribution in [3.05, 3.63) is 0 Å². The lowest BCUT2D eigenvalue weighted by atomic mass is 10.2. The van der Waals surface area contributed by atoms with Gasteiger partial charge in [0.2, 0.25) is 0 Å². The molecule has 0 fully saturated rings. The second-order valence-electron chi connectivity index (χ2n) is 1.76. The number of hydrogen-bond donors (Lipinski definition) is 0. The minimum absolute atomic E-state index is 0.553. The molecule has 0 amide bonds. The molecule has 0 radical (unpaired) electrons. The van der Waals surface area contributed by atoms with E-state index in [1.54, 1.807) is 0 Å². The summed E-state index contributed by atoms with van der Waals surface area (Å²) in [7, 11) is 0. The summed E-state index contributed by atoms with van der Waals surface area (Å²) in [5.41, 5.74) is 0. The second-order valence-corrected chi connectivity index (χ2v) is 1.76. The zero-order valence-corrected chi connectivity index (χ0v) is 4.90. The van der Waals surface area contributed by atoms with Crippen LogP contribution in [0.1, 0.15) is 13.3 Å². The van der Waals surface area contributed by atoms with Crippen LogP contribution in [0.2, 0.25) is 0 Å². The van der Waals surface area contributed by atoms with Gasteiger partial charge in [0.1, 0.15) is 5.78 Å². The number of carbonyl (C=O) groups excluding carboxylic acids is 1. The van der Waals surface area contributed by atoms with E-state index in [0.29, 0.717) is 0 Å². The fourth-order valence-corrected chi connectivity index (χ4v) is 0.364. The minimum atomic E-state index is -3.03. The fraction of sp³-hybridized carbons (Fsp3) is 0.800. The topological polar surface area (TPSA) is 17.1 Å². The van der Waals surface area contributed by atoms with E-state index in [9.17, 15) is 18.0 Å². The average Bonchev–Trinajstić information content (AvgIpc) is 1.63. The molecule has 0 aliphatic rings. The summed E-state index contributed by atoms with van der Waals surface area (Å²) in [5, 5.41) is 0. The lowest BCUT2D eigenvalue weighted by molar-refractivity contribution is -0.119. The van der Waals surface area contributed by atoms with Gasteiger partial charge in [0.05, 0.1) is 0 Å². The van der Waals surface area contributed by atoms with Crippen LogP contribution in [-0.4, -0.2) is 18.4 Å². The van der Waals surface area contributed by atoms with Gasteiger partial charge in [0.15, 0.2) is 6.17 Å². The van der Waals surface area contributed by atoms with Crippen LogP contribution in [0.3, 0.4) is 0 Å². The van der Waals surface area contributed by atoms with Crippen LogP contribution in [0.4, 0.5) is 13.2 Å². The van der Waals surface area contributed by atoms with Crippen molar-refractivity contribution in [2.75, 3.05) is 0 Å². The van der Waals surface area contributed by atoms with E-state index in [1.165, 1.54) is 0 Å². The van der Waals surface area contributed by atoms with E-state index >= 15 is 0 Å². The molecular formula is C5H7F3O. The Balaban J connectivity index is 3.50. The highest BCUT2D eigenvalue weighted by Gasteiger charge is 2.20. The van der Waals surface area contributed by atoms with Crippen LogP contribution >= 0.6 is 0 Å². The lowest BCUT2D eigenvalue weighted by Crippen LogP contribution is -2.15. The summed E-state index contributed by atoms with van der Waals surface area (Å²) < 4.78 is 34.3. The van der Waals surface area contributed by atoms with Crippen molar-refractivity contribution in [1.82, 2.24) is 0 Å². The normalized spacial score (nSPS) is 13.9. The lowest BCUT2D eigenvalue weighted by Gasteiger charge is -2.01. The van der Waals surface area contributed by atoms with Crippen molar-refractivity contribution in [2.45, 2.75) is 25.9 Å². The molecule has 1 nitrogen and oxygen atoms in total. The molecule has 0 saturated heterocycles. The minimum Gasteiger partial charge on any atom is -0.300 e. The first kappa shape index (κ1) is 8.46. The Morgan fingerprint density at radius 1 is 1.44 bits per heavy atom. The Bertz CT molecular complexity index is 102. The molecule has 0 bridgehead atoms. The first-order valence-corrected chi connectivity index (χ1v) is 2.45. The molecule has 4 heteroatoms. The standard InChI is InChI=1S/C5H7F3O/c1-3(9)2-4(6)5(7)8/h4-5H,2H2,1H3. The smallest absolute Gasteiger partial charge is 0.269 e. The summed E-state index contributed by atoms with van der Waals surface area (Å²) >= 11 is 0. The van der Waals surface area contributed by atoms with Gasteiger partial charge in [0.25, 0.3) is 6.43 Å². The van der Waals surface area contributed by atoms with Gasteiger partial charge in [-0.25, -0.2) is 13.2 Å². The molecule has 9 heavy (non-hydrogen) atoms. The van der Waals surface area contributed by atoms with Crippen LogP contribution in [0.5, 0.6) is 0 Å². The number of alkyl halides is 3. The molecule has 0 heterocycles. The van der Waals surface area contributed by atoms with Crippen LogP contribution in [0, 0.1) is 0 Å². The van der Waals surface area contributed by atoms with Gasteiger partial charge in [-0.1, -0.05) is 0 Å². The number of hydrogen-bond acceptors (Lipinski definition) is 1. The third-order valence-corrected chi connectivity index (χ3v) is 0.756. The SMILES string of the molecule is CC(=O)CC(F)C(F)F.